The van der Waals surface area contributed by atoms with Crippen LogP contribution in [0, 0.1) is 6.92 Å². The van der Waals surface area contributed by atoms with Gasteiger partial charge in [0.05, 0.1) is 12.8 Å². The van der Waals surface area contributed by atoms with E-state index in [0.29, 0.717) is 5.69 Å². The fourth-order valence-electron chi connectivity index (χ4n) is 1.70. The number of nitrogens with two attached hydrogens (primary N) is 1. The van der Waals surface area contributed by atoms with E-state index in [0.717, 1.165) is 21.9 Å². The Labute approximate surface area is 114 Å². The van der Waals surface area contributed by atoms with Gasteiger partial charge >= 0.3 is 5.97 Å². The highest BCUT2D eigenvalue weighted by Crippen LogP contribution is 2.29. The molecule has 0 aliphatic heterocycles. The third-order valence-electron chi connectivity index (χ3n) is 2.75. The summed E-state index contributed by atoms with van der Waals surface area (Å²) in [7, 11) is 1.62. The molecule has 2 aromatic rings. The first kappa shape index (κ1) is 13.5. The number of thiazole rings is 1. The maximum atomic E-state index is 10.8. The molecule has 0 bridgehead atoms. The van der Waals surface area contributed by atoms with Crippen LogP contribution in [0.4, 0.5) is 0 Å². The molecule has 3 N–H and O–H groups in total. The van der Waals surface area contributed by atoms with Crippen molar-refractivity contribution in [1.29, 1.82) is 0 Å². The number of rotatable bonds is 4. The van der Waals surface area contributed by atoms with Gasteiger partial charge in [0, 0.05) is 10.9 Å². The molecule has 2 rings (SSSR count). The van der Waals surface area contributed by atoms with Crippen LogP contribution in [0.25, 0.3) is 10.6 Å². The molecule has 0 aliphatic carbocycles. The van der Waals surface area contributed by atoms with Gasteiger partial charge < -0.3 is 15.6 Å². The monoisotopic (exact) mass is 278 g/mol. The van der Waals surface area contributed by atoms with Crippen molar-refractivity contribution >= 4 is 17.3 Å². The van der Waals surface area contributed by atoms with Gasteiger partial charge in [0.15, 0.2) is 0 Å². The number of carbonyl (C=O) groups is 1. The number of hydrogen-bond acceptors (Lipinski definition) is 5. The van der Waals surface area contributed by atoms with Crippen molar-refractivity contribution < 1.29 is 14.6 Å². The zero-order valence-corrected chi connectivity index (χ0v) is 11.4. The van der Waals surface area contributed by atoms with Crippen LogP contribution in [0.15, 0.2) is 23.6 Å². The highest BCUT2D eigenvalue weighted by atomic mass is 32.1. The maximum absolute atomic E-state index is 10.8. The van der Waals surface area contributed by atoms with Gasteiger partial charge in [-0.1, -0.05) is 0 Å². The third kappa shape index (κ3) is 2.74. The van der Waals surface area contributed by atoms with Crippen LogP contribution in [-0.2, 0) is 4.79 Å². The number of benzene rings is 1. The Hall–Kier alpha value is -1.92. The van der Waals surface area contributed by atoms with Gasteiger partial charge in [-0.2, -0.15) is 0 Å². The van der Waals surface area contributed by atoms with Crippen molar-refractivity contribution in [3.05, 3.63) is 34.8 Å². The highest BCUT2D eigenvalue weighted by molar-refractivity contribution is 7.13. The Morgan fingerprint density at radius 1 is 1.53 bits per heavy atom. The lowest BCUT2D eigenvalue weighted by molar-refractivity contribution is -0.138. The Kier molecular flexibility index (Phi) is 3.82. The van der Waals surface area contributed by atoms with Gasteiger partial charge in [-0.3, -0.25) is 4.79 Å². The quantitative estimate of drug-likeness (QED) is 0.895. The van der Waals surface area contributed by atoms with Gasteiger partial charge in [-0.05, 0) is 30.7 Å². The Morgan fingerprint density at radius 2 is 2.26 bits per heavy atom. The number of nitrogens with zero attached hydrogens (tertiary/aromatic N) is 1. The molecule has 0 aliphatic rings. The summed E-state index contributed by atoms with van der Waals surface area (Å²) in [5.74, 6) is -0.273. The SMILES string of the molecule is COc1ccc(-c2nc(C(N)C(=O)O)cs2)cc1C. The zero-order chi connectivity index (χ0) is 14.0. The Morgan fingerprint density at radius 3 is 2.84 bits per heavy atom. The minimum atomic E-state index is -1.08. The second-order valence-corrected chi connectivity index (χ2v) is 4.94. The molecule has 1 unspecified atom stereocenters. The predicted octanol–water partition coefficient (Wildman–Crippen LogP) is 2.21. The number of methoxy groups -OCH3 is 1. The van der Waals surface area contributed by atoms with Crippen LogP contribution in [0.2, 0.25) is 0 Å². The van der Waals surface area contributed by atoms with Crippen molar-refractivity contribution in [3.63, 3.8) is 0 Å². The zero-order valence-electron chi connectivity index (χ0n) is 10.6. The van der Waals surface area contributed by atoms with Crippen LogP contribution in [-0.4, -0.2) is 23.2 Å². The molecule has 100 valence electrons. The van der Waals surface area contributed by atoms with E-state index < -0.39 is 12.0 Å². The van der Waals surface area contributed by atoms with E-state index in [2.05, 4.69) is 4.98 Å². The fourth-order valence-corrected chi connectivity index (χ4v) is 2.55. The standard InChI is InChI=1S/C13H14N2O3S/c1-7-5-8(3-4-10(7)18-2)12-15-9(6-19-12)11(14)13(16)17/h3-6,11H,14H2,1-2H3,(H,16,17). The lowest BCUT2D eigenvalue weighted by Gasteiger charge is -2.05. The number of aliphatic carboxylic acids is 1. The van der Waals surface area contributed by atoms with Crippen molar-refractivity contribution in [3.8, 4) is 16.3 Å². The average Bonchev–Trinajstić information content (AvgIpc) is 2.87. The van der Waals surface area contributed by atoms with Crippen molar-refractivity contribution in [2.75, 3.05) is 7.11 Å². The van der Waals surface area contributed by atoms with E-state index in [9.17, 15) is 4.79 Å². The molecule has 1 aromatic heterocycles. The van der Waals surface area contributed by atoms with Crippen molar-refractivity contribution in [1.82, 2.24) is 4.98 Å². The van der Waals surface area contributed by atoms with Gasteiger partial charge in [0.2, 0.25) is 0 Å². The second kappa shape index (κ2) is 5.38. The molecule has 0 radical (unpaired) electrons. The van der Waals surface area contributed by atoms with Crippen LogP contribution in [0.3, 0.4) is 0 Å². The molecule has 1 aromatic carbocycles. The summed E-state index contributed by atoms with van der Waals surface area (Å²) in [5.41, 5.74) is 7.83. The molecule has 0 saturated carbocycles. The number of carboxylic acid groups (broad SMARTS) is 1. The largest absolute Gasteiger partial charge is 0.496 e. The van der Waals surface area contributed by atoms with Gasteiger partial charge in [-0.15, -0.1) is 11.3 Å². The van der Waals surface area contributed by atoms with Gasteiger partial charge in [0.25, 0.3) is 0 Å². The smallest absolute Gasteiger partial charge is 0.326 e. The fraction of sp³-hybridized carbons (Fsp3) is 0.231. The van der Waals surface area contributed by atoms with E-state index in [1.165, 1.54) is 11.3 Å². The summed E-state index contributed by atoms with van der Waals surface area (Å²) in [5, 5.41) is 11.3. The molecule has 0 fully saturated rings. The molecule has 0 amide bonds. The van der Waals surface area contributed by atoms with E-state index in [4.69, 9.17) is 15.6 Å². The minimum Gasteiger partial charge on any atom is -0.496 e. The number of aromatic nitrogens is 1. The van der Waals surface area contributed by atoms with Gasteiger partial charge in [0.1, 0.15) is 16.8 Å². The summed E-state index contributed by atoms with van der Waals surface area (Å²) in [6, 6.07) is 4.63. The number of carboxylic acids is 1. The molecule has 1 heterocycles. The number of hydrogen-bond donors (Lipinski definition) is 2. The Bertz CT molecular complexity index is 610. The minimum absolute atomic E-state index is 0.376. The normalized spacial score (nSPS) is 12.2. The maximum Gasteiger partial charge on any atom is 0.326 e. The third-order valence-corrected chi connectivity index (χ3v) is 3.66. The van der Waals surface area contributed by atoms with Crippen LogP contribution in [0.1, 0.15) is 17.3 Å². The summed E-state index contributed by atoms with van der Waals surface area (Å²) >= 11 is 1.38. The van der Waals surface area contributed by atoms with Crippen LogP contribution in [0.5, 0.6) is 5.75 Å². The van der Waals surface area contributed by atoms with Crippen LogP contribution < -0.4 is 10.5 Å². The predicted molar refractivity (Wildman–Crippen MR) is 73.4 cm³/mol. The van der Waals surface area contributed by atoms with Crippen molar-refractivity contribution in [2.45, 2.75) is 13.0 Å². The van der Waals surface area contributed by atoms with Crippen molar-refractivity contribution in [2.24, 2.45) is 5.73 Å². The molecule has 1 atom stereocenters. The summed E-state index contributed by atoms with van der Waals surface area (Å²) in [4.78, 5) is 15.1. The second-order valence-electron chi connectivity index (χ2n) is 4.08. The topological polar surface area (TPSA) is 85.4 Å². The van der Waals surface area contributed by atoms with E-state index in [-0.39, 0.29) is 0 Å². The highest BCUT2D eigenvalue weighted by Gasteiger charge is 2.18. The lowest BCUT2D eigenvalue weighted by Crippen LogP contribution is -2.20. The first-order valence-electron chi connectivity index (χ1n) is 5.61. The number of ether oxygens (including phenoxy) is 1. The van der Waals surface area contributed by atoms with Crippen LogP contribution >= 0.6 is 11.3 Å². The Balaban J connectivity index is 2.33. The molecule has 6 heteroatoms. The summed E-state index contributed by atoms with van der Waals surface area (Å²) in [6.07, 6.45) is 0. The summed E-state index contributed by atoms with van der Waals surface area (Å²) < 4.78 is 5.20. The molecular formula is C13H14N2O3S. The molecular weight excluding hydrogens is 264 g/mol. The first-order valence-corrected chi connectivity index (χ1v) is 6.49. The number of aryl methyl sites for hydroxylation is 1. The van der Waals surface area contributed by atoms with E-state index in [1.807, 2.05) is 25.1 Å². The van der Waals surface area contributed by atoms with E-state index in [1.54, 1.807) is 12.5 Å². The molecule has 0 spiro atoms. The lowest BCUT2D eigenvalue weighted by atomic mass is 10.1. The molecule has 19 heavy (non-hydrogen) atoms. The summed E-state index contributed by atoms with van der Waals surface area (Å²) in [6.45, 7) is 1.94. The average molecular weight is 278 g/mol. The van der Waals surface area contributed by atoms with E-state index >= 15 is 0 Å². The molecule has 0 saturated heterocycles. The first-order chi connectivity index (χ1) is 9.02. The van der Waals surface area contributed by atoms with Gasteiger partial charge in [-0.25, -0.2) is 4.98 Å². The molecule has 5 nitrogen and oxygen atoms in total.